The maximum Gasteiger partial charge on any atom is 0.121 e. The van der Waals surface area contributed by atoms with E-state index < -0.39 is 0 Å². The number of hydrogen-bond donors (Lipinski definition) is 0. The predicted molar refractivity (Wildman–Crippen MR) is 82.5 cm³/mol. The first-order valence-electron chi connectivity index (χ1n) is 7.28. The third-order valence-corrected chi connectivity index (χ3v) is 3.50. The summed E-state index contributed by atoms with van der Waals surface area (Å²) in [5, 5.41) is 9.24. The summed E-state index contributed by atoms with van der Waals surface area (Å²) in [7, 11) is 0. The molecule has 0 N–H and O–H groups in total. The highest BCUT2D eigenvalue weighted by Gasteiger charge is 2.08. The highest BCUT2D eigenvalue weighted by molar-refractivity contribution is 5.91. The zero-order valence-corrected chi connectivity index (χ0v) is 11.8. The molecule has 0 amide bonds. The Morgan fingerprint density at radius 1 is 0.900 bits per heavy atom. The fourth-order valence-corrected chi connectivity index (χ4v) is 2.43. The van der Waals surface area contributed by atoms with Crippen molar-refractivity contribution < 1.29 is 0 Å². The van der Waals surface area contributed by atoms with Crippen LogP contribution in [-0.4, -0.2) is 15.0 Å². The van der Waals surface area contributed by atoms with Crippen molar-refractivity contribution in [2.45, 2.75) is 32.7 Å². The number of nitrogens with zero attached hydrogens (tertiary/aromatic N) is 3. The van der Waals surface area contributed by atoms with Crippen molar-refractivity contribution in [2.24, 2.45) is 0 Å². The SMILES string of the molecule is CCCCCn1nc2cccc(-c3ccccc3)c2n1. The third kappa shape index (κ3) is 2.57. The Labute approximate surface area is 119 Å². The molecule has 0 saturated carbocycles. The van der Waals surface area contributed by atoms with E-state index in [-0.39, 0.29) is 0 Å². The second-order valence-corrected chi connectivity index (χ2v) is 5.04. The summed E-state index contributed by atoms with van der Waals surface area (Å²) in [6.07, 6.45) is 3.58. The van der Waals surface area contributed by atoms with Gasteiger partial charge in [0.05, 0.1) is 6.54 Å². The van der Waals surface area contributed by atoms with Crippen LogP contribution in [0.25, 0.3) is 22.2 Å². The second kappa shape index (κ2) is 5.87. The van der Waals surface area contributed by atoms with E-state index in [1.54, 1.807) is 0 Å². The lowest BCUT2D eigenvalue weighted by atomic mass is 10.0. The van der Waals surface area contributed by atoms with Gasteiger partial charge in [-0.2, -0.15) is 15.0 Å². The summed E-state index contributed by atoms with van der Waals surface area (Å²) in [5.41, 5.74) is 4.32. The molecule has 3 rings (SSSR count). The molecule has 0 aliphatic carbocycles. The van der Waals surface area contributed by atoms with Crippen molar-refractivity contribution in [2.75, 3.05) is 0 Å². The van der Waals surface area contributed by atoms with Crippen molar-refractivity contribution in [1.29, 1.82) is 0 Å². The van der Waals surface area contributed by atoms with Crippen LogP contribution < -0.4 is 0 Å². The van der Waals surface area contributed by atoms with Crippen molar-refractivity contribution in [3.8, 4) is 11.1 Å². The molecule has 2 aromatic carbocycles. The molecule has 0 fully saturated rings. The lowest BCUT2D eigenvalue weighted by molar-refractivity contribution is 0.502. The molecular formula is C17H19N3. The van der Waals surface area contributed by atoms with Crippen LogP contribution in [0.15, 0.2) is 48.5 Å². The minimum absolute atomic E-state index is 0.900. The van der Waals surface area contributed by atoms with Crippen LogP contribution in [0.3, 0.4) is 0 Å². The third-order valence-electron chi connectivity index (χ3n) is 3.50. The average molecular weight is 265 g/mol. The van der Waals surface area contributed by atoms with Gasteiger partial charge in [-0.15, -0.1) is 0 Å². The smallest absolute Gasteiger partial charge is 0.121 e. The van der Waals surface area contributed by atoms with Crippen LogP contribution in [0.4, 0.5) is 0 Å². The quantitative estimate of drug-likeness (QED) is 0.644. The fourth-order valence-electron chi connectivity index (χ4n) is 2.43. The Hall–Kier alpha value is -2.16. The van der Waals surface area contributed by atoms with Gasteiger partial charge >= 0.3 is 0 Å². The van der Waals surface area contributed by atoms with E-state index in [9.17, 15) is 0 Å². The number of unbranched alkanes of at least 4 members (excludes halogenated alkanes) is 2. The molecule has 1 heterocycles. The summed E-state index contributed by atoms with van der Waals surface area (Å²) >= 11 is 0. The predicted octanol–water partition coefficient (Wildman–Crippen LogP) is 4.29. The summed E-state index contributed by atoms with van der Waals surface area (Å²) < 4.78 is 0. The molecule has 0 atom stereocenters. The fraction of sp³-hybridized carbons (Fsp3) is 0.294. The molecule has 0 spiro atoms. The topological polar surface area (TPSA) is 30.7 Å². The Morgan fingerprint density at radius 2 is 1.75 bits per heavy atom. The van der Waals surface area contributed by atoms with Gasteiger partial charge in [0.2, 0.25) is 0 Å². The van der Waals surface area contributed by atoms with Crippen molar-refractivity contribution in [1.82, 2.24) is 15.0 Å². The molecule has 1 aromatic heterocycles. The van der Waals surface area contributed by atoms with Crippen molar-refractivity contribution >= 4 is 11.0 Å². The summed E-state index contributed by atoms with van der Waals surface area (Å²) in [5.74, 6) is 0. The molecule has 0 aliphatic heterocycles. The molecular weight excluding hydrogens is 246 g/mol. The Bertz CT molecular complexity index is 686. The van der Waals surface area contributed by atoms with Gasteiger partial charge in [0.25, 0.3) is 0 Å². The van der Waals surface area contributed by atoms with Crippen LogP contribution in [0, 0.1) is 0 Å². The van der Waals surface area contributed by atoms with Crippen LogP contribution in [0.1, 0.15) is 26.2 Å². The lowest BCUT2D eigenvalue weighted by Crippen LogP contribution is -2.01. The zero-order valence-electron chi connectivity index (χ0n) is 11.8. The van der Waals surface area contributed by atoms with Crippen LogP contribution in [0.5, 0.6) is 0 Å². The molecule has 0 radical (unpaired) electrons. The highest BCUT2D eigenvalue weighted by Crippen LogP contribution is 2.26. The molecule has 0 unspecified atom stereocenters. The standard InChI is InChI=1S/C17H19N3/c1-2-3-7-13-20-18-16-12-8-11-15(17(16)19-20)14-9-5-4-6-10-14/h4-6,8-12H,2-3,7,13H2,1H3. The molecule has 0 saturated heterocycles. The number of aryl methyl sites for hydroxylation is 1. The first kappa shape index (κ1) is 12.9. The molecule has 102 valence electrons. The summed E-state index contributed by atoms with van der Waals surface area (Å²) in [4.78, 5) is 1.84. The number of aromatic nitrogens is 3. The van der Waals surface area contributed by atoms with E-state index in [4.69, 9.17) is 0 Å². The highest BCUT2D eigenvalue weighted by atomic mass is 15.5. The van der Waals surface area contributed by atoms with E-state index in [0.29, 0.717) is 0 Å². The van der Waals surface area contributed by atoms with Crippen molar-refractivity contribution in [3.05, 3.63) is 48.5 Å². The van der Waals surface area contributed by atoms with Gasteiger partial charge in [0.1, 0.15) is 11.0 Å². The van der Waals surface area contributed by atoms with Gasteiger partial charge in [-0.3, -0.25) is 0 Å². The van der Waals surface area contributed by atoms with Crippen molar-refractivity contribution in [3.63, 3.8) is 0 Å². The molecule has 3 nitrogen and oxygen atoms in total. The van der Waals surface area contributed by atoms with Crippen LogP contribution in [0.2, 0.25) is 0 Å². The summed E-state index contributed by atoms with van der Waals surface area (Å²) in [6, 6.07) is 16.6. The van der Waals surface area contributed by atoms with E-state index in [1.165, 1.54) is 18.4 Å². The van der Waals surface area contributed by atoms with Crippen LogP contribution >= 0.6 is 0 Å². The normalized spacial score (nSPS) is 11.1. The maximum atomic E-state index is 4.67. The molecule has 0 aliphatic rings. The van der Waals surface area contributed by atoms with Crippen LogP contribution in [-0.2, 0) is 6.54 Å². The molecule has 0 bridgehead atoms. The Morgan fingerprint density at radius 3 is 2.55 bits per heavy atom. The number of benzene rings is 2. The molecule has 20 heavy (non-hydrogen) atoms. The lowest BCUT2D eigenvalue weighted by Gasteiger charge is -2.01. The van der Waals surface area contributed by atoms with Gasteiger partial charge in [-0.05, 0) is 18.1 Å². The Balaban J connectivity index is 1.97. The van der Waals surface area contributed by atoms with E-state index in [0.717, 1.165) is 29.6 Å². The maximum absolute atomic E-state index is 4.67. The number of hydrogen-bond acceptors (Lipinski definition) is 2. The van der Waals surface area contributed by atoms with Gasteiger partial charge in [-0.1, -0.05) is 62.2 Å². The van der Waals surface area contributed by atoms with Gasteiger partial charge in [-0.25, -0.2) is 0 Å². The Kier molecular flexibility index (Phi) is 3.77. The van der Waals surface area contributed by atoms with E-state index >= 15 is 0 Å². The minimum Gasteiger partial charge on any atom is -0.184 e. The van der Waals surface area contributed by atoms with E-state index in [1.807, 2.05) is 16.9 Å². The zero-order chi connectivity index (χ0) is 13.8. The molecule has 3 heteroatoms. The molecule has 3 aromatic rings. The number of fused-ring (bicyclic) bond motifs is 1. The summed E-state index contributed by atoms with van der Waals surface area (Å²) in [6.45, 7) is 3.11. The van der Waals surface area contributed by atoms with E-state index in [2.05, 4.69) is 53.5 Å². The van der Waals surface area contributed by atoms with Gasteiger partial charge in [0.15, 0.2) is 0 Å². The second-order valence-electron chi connectivity index (χ2n) is 5.04. The average Bonchev–Trinajstić information content (AvgIpc) is 2.91. The largest absolute Gasteiger partial charge is 0.184 e. The first-order valence-corrected chi connectivity index (χ1v) is 7.28. The van der Waals surface area contributed by atoms with Gasteiger partial charge in [0, 0.05) is 5.56 Å². The van der Waals surface area contributed by atoms with Gasteiger partial charge < -0.3 is 0 Å². The number of rotatable bonds is 5. The monoisotopic (exact) mass is 265 g/mol. The minimum atomic E-state index is 0.900. The first-order chi connectivity index (χ1) is 9.88.